The molecule has 0 saturated carbocycles. The minimum absolute atomic E-state index is 0.0258. The van der Waals surface area contributed by atoms with Gasteiger partial charge in [-0.2, -0.15) is 5.26 Å². The molecule has 0 spiro atoms. The Labute approximate surface area is 92.9 Å². The minimum Gasteiger partial charge on any atom is -0.368 e. The summed E-state index contributed by atoms with van der Waals surface area (Å²) in [4.78, 5) is 3.77. The number of halogens is 2. The maximum absolute atomic E-state index is 13.3. The molecular formula is C10H11ClFN3. The summed E-state index contributed by atoms with van der Waals surface area (Å²) in [5.41, 5.74) is 0.0511. The average molecular weight is 228 g/mol. The van der Waals surface area contributed by atoms with E-state index in [0.717, 1.165) is 18.9 Å². The van der Waals surface area contributed by atoms with Gasteiger partial charge in [0.2, 0.25) is 0 Å². The maximum atomic E-state index is 13.3. The summed E-state index contributed by atoms with van der Waals surface area (Å²) in [5, 5.41) is 11.4. The predicted octanol–water partition coefficient (Wildman–Crippen LogP) is 2.96. The molecule has 0 saturated heterocycles. The molecule has 0 fully saturated rings. The van der Waals surface area contributed by atoms with Crippen LogP contribution in [0.4, 0.5) is 10.2 Å². The highest BCUT2D eigenvalue weighted by Crippen LogP contribution is 2.19. The topological polar surface area (TPSA) is 48.7 Å². The van der Waals surface area contributed by atoms with Crippen LogP contribution in [-0.4, -0.2) is 11.5 Å². The fraction of sp³-hybridized carbons (Fsp3) is 0.400. The fourth-order valence-electron chi connectivity index (χ4n) is 1.05. The van der Waals surface area contributed by atoms with Gasteiger partial charge in [-0.1, -0.05) is 24.9 Å². The number of hydrogen-bond donors (Lipinski definition) is 1. The lowest BCUT2D eigenvalue weighted by atomic mass is 10.3. The van der Waals surface area contributed by atoms with Gasteiger partial charge in [0.15, 0.2) is 11.6 Å². The number of nitriles is 1. The van der Waals surface area contributed by atoms with E-state index < -0.39 is 5.82 Å². The van der Waals surface area contributed by atoms with Crippen molar-refractivity contribution in [2.45, 2.75) is 19.8 Å². The molecule has 0 aliphatic carbocycles. The molecule has 5 heteroatoms. The van der Waals surface area contributed by atoms with Crippen molar-refractivity contribution in [1.82, 2.24) is 4.98 Å². The lowest BCUT2D eigenvalue weighted by molar-refractivity contribution is 0.623. The van der Waals surface area contributed by atoms with Crippen LogP contribution in [0.2, 0.25) is 5.15 Å². The molecule has 15 heavy (non-hydrogen) atoms. The van der Waals surface area contributed by atoms with Gasteiger partial charge in [-0.05, 0) is 12.5 Å². The Morgan fingerprint density at radius 2 is 2.40 bits per heavy atom. The van der Waals surface area contributed by atoms with Gasteiger partial charge >= 0.3 is 0 Å². The summed E-state index contributed by atoms with van der Waals surface area (Å²) in [5.74, 6) is -0.445. The summed E-state index contributed by atoms with van der Waals surface area (Å²) in [6.07, 6.45) is 1.94. The van der Waals surface area contributed by atoms with Gasteiger partial charge in [-0.25, -0.2) is 9.37 Å². The smallest absolute Gasteiger partial charge is 0.166 e. The molecule has 1 N–H and O–H groups in total. The molecule has 0 radical (unpaired) electrons. The Hall–Kier alpha value is -1.34. The molecule has 0 unspecified atom stereocenters. The summed E-state index contributed by atoms with van der Waals surface area (Å²) in [6, 6.07) is 2.86. The van der Waals surface area contributed by atoms with Crippen molar-refractivity contribution in [3.05, 3.63) is 22.6 Å². The Balaban J connectivity index is 2.82. The van der Waals surface area contributed by atoms with Crippen LogP contribution in [0.15, 0.2) is 6.07 Å². The molecule has 3 nitrogen and oxygen atoms in total. The van der Waals surface area contributed by atoms with Crippen molar-refractivity contribution in [1.29, 1.82) is 5.26 Å². The summed E-state index contributed by atoms with van der Waals surface area (Å²) < 4.78 is 13.3. The SMILES string of the molecule is CCCCNc1nc(Cl)c(C#N)cc1F. The third-order valence-electron chi connectivity index (χ3n) is 1.87. The number of hydrogen-bond acceptors (Lipinski definition) is 3. The van der Waals surface area contributed by atoms with Crippen LogP contribution >= 0.6 is 11.6 Å². The number of unbranched alkanes of at least 4 members (excludes halogenated alkanes) is 1. The highest BCUT2D eigenvalue weighted by Gasteiger charge is 2.09. The Morgan fingerprint density at radius 1 is 1.67 bits per heavy atom. The van der Waals surface area contributed by atoms with E-state index in [-0.39, 0.29) is 16.5 Å². The lowest BCUT2D eigenvalue weighted by Crippen LogP contribution is -2.05. The van der Waals surface area contributed by atoms with Crippen LogP contribution in [-0.2, 0) is 0 Å². The van der Waals surface area contributed by atoms with Gasteiger partial charge in [-0.3, -0.25) is 0 Å². The first kappa shape index (κ1) is 11.7. The number of pyridine rings is 1. The molecule has 0 aromatic carbocycles. The van der Waals surface area contributed by atoms with Crippen LogP contribution < -0.4 is 5.32 Å². The van der Waals surface area contributed by atoms with Crippen molar-refractivity contribution in [2.75, 3.05) is 11.9 Å². The molecule has 0 atom stereocenters. The average Bonchev–Trinajstić information content (AvgIpc) is 2.23. The van der Waals surface area contributed by atoms with Gasteiger partial charge in [-0.15, -0.1) is 0 Å². The largest absolute Gasteiger partial charge is 0.368 e. The monoisotopic (exact) mass is 227 g/mol. The van der Waals surface area contributed by atoms with E-state index >= 15 is 0 Å². The highest BCUT2D eigenvalue weighted by atomic mass is 35.5. The van der Waals surface area contributed by atoms with Gasteiger partial charge in [0.05, 0.1) is 5.56 Å². The number of nitrogens with one attached hydrogen (secondary N) is 1. The van der Waals surface area contributed by atoms with E-state index in [2.05, 4.69) is 10.3 Å². The molecule has 0 amide bonds. The fourth-order valence-corrected chi connectivity index (χ4v) is 1.23. The predicted molar refractivity (Wildman–Crippen MR) is 57.3 cm³/mol. The van der Waals surface area contributed by atoms with Crippen LogP contribution in [0.5, 0.6) is 0 Å². The first-order valence-corrected chi connectivity index (χ1v) is 5.06. The maximum Gasteiger partial charge on any atom is 0.166 e. The zero-order chi connectivity index (χ0) is 11.3. The normalized spacial score (nSPS) is 9.73. The standard InChI is InChI=1S/C10H11ClFN3/c1-2-3-4-14-10-8(12)5-7(6-13)9(11)15-10/h5H,2-4H2,1H3,(H,14,15). The molecule has 0 bridgehead atoms. The third kappa shape index (κ3) is 3.07. The second-order valence-electron chi connectivity index (χ2n) is 3.05. The second kappa shape index (κ2) is 5.52. The Morgan fingerprint density at radius 3 is 3.00 bits per heavy atom. The highest BCUT2D eigenvalue weighted by molar-refractivity contribution is 6.30. The molecule has 1 aromatic heterocycles. The summed E-state index contributed by atoms with van der Waals surface area (Å²) in [6.45, 7) is 2.68. The zero-order valence-corrected chi connectivity index (χ0v) is 9.10. The van der Waals surface area contributed by atoms with E-state index in [4.69, 9.17) is 16.9 Å². The van der Waals surface area contributed by atoms with Crippen molar-refractivity contribution in [3.8, 4) is 6.07 Å². The number of nitrogens with zero attached hydrogens (tertiary/aromatic N) is 2. The van der Waals surface area contributed by atoms with Gasteiger partial charge < -0.3 is 5.32 Å². The Kier molecular flexibility index (Phi) is 4.32. The molecule has 0 aliphatic heterocycles. The van der Waals surface area contributed by atoms with Crippen LogP contribution in [0.25, 0.3) is 0 Å². The van der Waals surface area contributed by atoms with Gasteiger partial charge in [0, 0.05) is 6.54 Å². The third-order valence-corrected chi connectivity index (χ3v) is 2.16. The molecular weight excluding hydrogens is 217 g/mol. The van der Waals surface area contributed by atoms with E-state index in [1.807, 2.05) is 6.92 Å². The van der Waals surface area contributed by atoms with E-state index in [0.29, 0.717) is 6.54 Å². The molecule has 1 aromatic rings. The quantitative estimate of drug-likeness (QED) is 0.636. The lowest BCUT2D eigenvalue weighted by Gasteiger charge is -2.06. The van der Waals surface area contributed by atoms with Crippen molar-refractivity contribution >= 4 is 17.4 Å². The van der Waals surface area contributed by atoms with Gasteiger partial charge in [0.1, 0.15) is 11.2 Å². The summed E-state index contributed by atoms with van der Waals surface area (Å²) in [7, 11) is 0. The van der Waals surface area contributed by atoms with Crippen LogP contribution in [0, 0.1) is 17.1 Å². The molecule has 0 aliphatic rings. The van der Waals surface area contributed by atoms with Crippen molar-refractivity contribution in [2.24, 2.45) is 0 Å². The minimum atomic E-state index is -0.549. The van der Waals surface area contributed by atoms with E-state index in [1.165, 1.54) is 0 Å². The van der Waals surface area contributed by atoms with E-state index in [9.17, 15) is 4.39 Å². The number of rotatable bonds is 4. The summed E-state index contributed by atoms with van der Waals surface area (Å²) >= 11 is 5.67. The molecule has 1 rings (SSSR count). The molecule has 1 heterocycles. The first-order valence-electron chi connectivity index (χ1n) is 4.69. The van der Waals surface area contributed by atoms with Crippen LogP contribution in [0.3, 0.4) is 0 Å². The Bertz CT molecular complexity index is 387. The molecule has 80 valence electrons. The van der Waals surface area contributed by atoms with Crippen molar-refractivity contribution < 1.29 is 4.39 Å². The van der Waals surface area contributed by atoms with Crippen LogP contribution in [0.1, 0.15) is 25.3 Å². The number of aromatic nitrogens is 1. The van der Waals surface area contributed by atoms with Gasteiger partial charge in [0.25, 0.3) is 0 Å². The zero-order valence-electron chi connectivity index (χ0n) is 8.35. The van der Waals surface area contributed by atoms with Crippen molar-refractivity contribution in [3.63, 3.8) is 0 Å². The second-order valence-corrected chi connectivity index (χ2v) is 3.41. The first-order chi connectivity index (χ1) is 7.19. The number of anilines is 1. The van der Waals surface area contributed by atoms with E-state index in [1.54, 1.807) is 6.07 Å².